The molecule has 1 unspecified atom stereocenters. The summed E-state index contributed by atoms with van der Waals surface area (Å²) in [6.07, 6.45) is 0. The van der Waals surface area contributed by atoms with E-state index in [1.54, 1.807) is 36.4 Å². The summed E-state index contributed by atoms with van der Waals surface area (Å²) in [5.41, 5.74) is 5.05. The molecule has 1 amide bonds. The number of carbonyl (C=O) groups is 2. The molecule has 0 spiro atoms. The molecule has 7 nitrogen and oxygen atoms in total. The zero-order valence-corrected chi connectivity index (χ0v) is 28.6. The summed E-state index contributed by atoms with van der Waals surface area (Å²) in [5.74, 6) is -1.09. The molecule has 1 aliphatic heterocycles. The van der Waals surface area contributed by atoms with Crippen molar-refractivity contribution in [2.75, 3.05) is 4.90 Å². The number of nitrogens with zero attached hydrogens (tertiary/aromatic N) is 3. The lowest BCUT2D eigenvalue weighted by molar-refractivity contribution is -0.132. The average Bonchev–Trinajstić information content (AvgIpc) is 3.64. The van der Waals surface area contributed by atoms with Crippen LogP contribution in [-0.2, 0) is 27.4 Å². The number of carbonyl (C=O) groups excluding carboxylic acids is 2. The van der Waals surface area contributed by atoms with Gasteiger partial charge in [0.15, 0.2) is 4.34 Å². The van der Waals surface area contributed by atoms with E-state index in [0.717, 1.165) is 22.3 Å². The molecule has 0 bridgehead atoms. The summed E-state index contributed by atoms with van der Waals surface area (Å²) in [7, 11) is 0. The van der Waals surface area contributed by atoms with Crippen LogP contribution in [0.5, 0.6) is 5.75 Å². The maximum Gasteiger partial charge on any atom is 0.301 e. The molecule has 1 fully saturated rings. The van der Waals surface area contributed by atoms with E-state index in [0.29, 0.717) is 33.6 Å². The second kappa shape index (κ2) is 13.7. The van der Waals surface area contributed by atoms with Crippen LogP contribution in [0.15, 0.2) is 107 Å². The summed E-state index contributed by atoms with van der Waals surface area (Å²) < 4.78 is 19.9. The van der Waals surface area contributed by atoms with Crippen molar-refractivity contribution in [3.8, 4) is 5.75 Å². The SMILES string of the molecule is Cc1cccc(COc2ccc(/C(O)=C3\C(=O)C(=O)N(c4nnc(SCc5ccc(F)cc5)s4)C3c3ccc(C(C)(C)C)cc3)cc2)c1. The van der Waals surface area contributed by atoms with Crippen molar-refractivity contribution >= 4 is 45.7 Å². The van der Waals surface area contributed by atoms with Crippen LogP contribution in [0.2, 0.25) is 0 Å². The highest BCUT2D eigenvalue weighted by Crippen LogP contribution is 2.44. The van der Waals surface area contributed by atoms with Gasteiger partial charge in [0.2, 0.25) is 5.13 Å². The zero-order valence-electron chi connectivity index (χ0n) is 26.9. The number of ketones is 1. The molecule has 244 valence electrons. The number of aliphatic hydroxyl groups excluding tert-OH is 1. The third kappa shape index (κ3) is 7.19. The van der Waals surface area contributed by atoms with E-state index >= 15 is 0 Å². The molecule has 6 rings (SSSR count). The molecule has 10 heteroatoms. The summed E-state index contributed by atoms with van der Waals surface area (Å²) >= 11 is 2.58. The van der Waals surface area contributed by atoms with Gasteiger partial charge >= 0.3 is 5.91 Å². The van der Waals surface area contributed by atoms with Gasteiger partial charge < -0.3 is 9.84 Å². The summed E-state index contributed by atoms with van der Waals surface area (Å²) in [6.45, 7) is 8.73. The predicted molar refractivity (Wildman–Crippen MR) is 188 cm³/mol. The Morgan fingerprint density at radius 2 is 1.65 bits per heavy atom. The van der Waals surface area contributed by atoms with E-state index in [2.05, 4.69) is 37.0 Å². The maximum atomic E-state index is 13.7. The lowest BCUT2D eigenvalue weighted by atomic mass is 9.85. The number of benzene rings is 4. The number of hydrogen-bond donors (Lipinski definition) is 1. The highest BCUT2D eigenvalue weighted by Gasteiger charge is 2.48. The first kappa shape index (κ1) is 33.1. The lowest BCUT2D eigenvalue weighted by Gasteiger charge is -2.24. The number of rotatable bonds is 9. The smallest absolute Gasteiger partial charge is 0.301 e. The Balaban J connectivity index is 1.32. The Bertz CT molecular complexity index is 1980. The molecule has 4 aromatic carbocycles. The Labute approximate surface area is 287 Å². The molecule has 5 aromatic rings. The molecule has 1 N–H and O–H groups in total. The molecule has 0 radical (unpaired) electrons. The molecular formula is C38H34FN3O4S2. The first-order valence-electron chi connectivity index (χ1n) is 15.4. The van der Waals surface area contributed by atoms with Crippen LogP contribution in [0.25, 0.3) is 5.76 Å². The van der Waals surface area contributed by atoms with Crippen molar-refractivity contribution in [3.05, 3.63) is 142 Å². The number of Topliss-reactive ketones (excluding diaryl/α,β-unsaturated/α-hetero) is 1. The van der Waals surface area contributed by atoms with Crippen LogP contribution in [0.4, 0.5) is 9.52 Å². The fraction of sp³-hybridized carbons (Fsp3) is 0.211. The number of ether oxygens (including phenoxy) is 1. The van der Waals surface area contributed by atoms with Crippen LogP contribution in [0.1, 0.15) is 60.2 Å². The first-order chi connectivity index (χ1) is 23.0. The Kier molecular flexibility index (Phi) is 9.48. The van der Waals surface area contributed by atoms with Gasteiger partial charge in [-0.05, 0) is 71.0 Å². The van der Waals surface area contributed by atoms with Gasteiger partial charge in [0, 0.05) is 11.3 Å². The van der Waals surface area contributed by atoms with Gasteiger partial charge in [0.05, 0.1) is 11.6 Å². The predicted octanol–water partition coefficient (Wildman–Crippen LogP) is 8.78. The van der Waals surface area contributed by atoms with Crippen molar-refractivity contribution in [2.45, 2.75) is 55.9 Å². The third-order valence-corrected chi connectivity index (χ3v) is 10.2. The minimum atomic E-state index is -0.931. The standard InChI is InChI=1S/C38H34FN3O4S2/c1-23-6-5-7-25(20-23)21-46-30-18-12-27(13-19-30)33(43)31-32(26-10-14-28(15-11-26)38(2,3)4)42(35(45)34(31)44)36-40-41-37(48-36)47-22-24-8-16-29(39)17-9-24/h5-20,32,43H,21-22H2,1-4H3/b33-31+. The molecule has 0 saturated carbocycles. The summed E-state index contributed by atoms with van der Waals surface area (Å²) in [5, 5.41) is 20.4. The van der Waals surface area contributed by atoms with Crippen LogP contribution >= 0.6 is 23.1 Å². The van der Waals surface area contributed by atoms with Crippen molar-refractivity contribution in [1.29, 1.82) is 0 Å². The molecular weight excluding hydrogens is 646 g/mol. The van der Waals surface area contributed by atoms with E-state index in [1.807, 2.05) is 49.4 Å². The molecule has 1 saturated heterocycles. The van der Waals surface area contributed by atoms with Gasteiger partial charge in [-0.15, -0.1) is 10.2 Å². The van der Waals surface area contributed by atoms with Crippen LogP contribution in [0, 0.1) is 12.7 Å². The van der Waals surface area contributed by atoms with Crippen LogP contribution < -0.4 is 9.64 Å². The monoisotopic (exact) mass is 679 g/mol. The van der Waals surface area contributed by atoms with Gasteiger partial charge in [-0.2, -0.15) is 0 Å². The minimum Gasteiger partial charge on any atom is -0.507 e. The van der Waals surface area contributed by atoms with Crippen molar-refractivity contribution < 1.29 is 23.8 Å². The quantitative estimate of drug-likeness (QED) is 0.0547. The van der Waals surface area contributed by atoms with Gasteiger partial charge in [-0.3, -0.25) is 14.5 Å². The van der Waals surface area contributed by atoms with E-state index in [1.165, 1.54) is 40.1 Å². The second-order valence-electron chi connectivity index (χ2n) is 12.6. The highest BCUT2D eigenvalue weighted by molar-refractivity contribution is 8.00. The minimum absolute atomic E-state index is 0.0346. The Morgan fingerprint density at radius 1 is 0.938 bits per heavy atom. The number of thioether (sulfide) groups is 1. The normalized spacial score (nSPS) is 16.0. The van der Waals surface area contributed by atoms with Crippen LogP contribution in [0.3, 0.4) is 0 Å². The lowest BCUT2D eigenvalue weighted by Crippen LogP contribution is -2.29. The van der Waals surface area contributed by atoms with Gasteiger partial charge in [-0.1, -0.05) is 110 Å². The summed E-state index contributed by atoms with van der Waals surface area (Å²) in [4.78, 5) is 28.7. The molecule has 48 heavy (non-hydrogen) atoms. The molecule has 1 aliphatic rings. The van der Waals surface area contributed by atoms with E-state index < -0.39 is 17.7 Å². The van der Waals surface area contributed by atoms with Crippen molar-refractivity contribution in [3.63, 3.8) is 0 Å². The Morgan fingerprint density at radius 3 is 2.31 bits per heavy atom. The average molecular weight is 680 g/mol. The van der Waals surface area contributed by atoms with E-state index in [9.17, 15) is 19.1 Å². The molecule has 1 atom stereocenters. The zero-order chi connectivity index (χ0) is 34.0. The van der Waals surface area contributed by atoms with Crippen molar-refractivity contribution in [2.24, 2.45) is 0 Å². The third-order valence-electron chi connectivity index (χ3n) is 8.03. The largest absolute Gasteiger partial charge is 0.507 e. The maximum absolute atomic E-state index is 13.7. The Hall–Kier alpha value is -4.80. The topological polar surface area (TPSA) is 92.6 Å². The van der Waals surface area contributed by atoms with E-state index in [4.69, 9.17) is 4.74 Å². The van der Waals surface area contributed by atoms with Gasteiger partial charge in [0.1, 0.15) is 23.9 Å². The molecule has 1 aromatic heterocycles. The number of halogens is 1. The molecule has 0 aliphatic carbocycles. The fourth-order valence-electron chi connectivity index (χ4n) is 5.43. The van der Waals surface area contributed by atoms with Gasteiger partial charge in [0.25, 0.3) is 5.78 Å². The van der Waals surface area contributed by atoms with E-state index in [-0.39, 0.29) is 27.7 Å². The first-order valence-corrected chi connectivity index (χ1v) is 17.2. The number of aryl methyl sites for hydroxylation is 1. The second-order valence-corrected chi connectivity index (χ2v) is 14.8. The number of anilines is 1. The fourth-order valence-corrected chi connectivity index (χ4v) is 7.25. The number of aliphatic hydroxyl groups is 1. The van der Waals surface area contributed by atoms with Crippen LogP contribution in [-0.4, -0.2) is 27.0 Å². The van der Waals surface area contributed by atoms with Gasteiger partial charge in [-0.25, -0.2) is 4.39 Å². The summed E-state index contributed by atoms with van der Waals surface area (Å²) in [6, 6.07) is 27.8. The molecule has 2 heterocycles. The number of aromatic nitrogens is 2. The number of amides is 1. The van der Waals surface area contributed by atoms with Crippen molar-refractivity contribution in [1.82, 2.24) is 10.2 Å². The highest BCUT2D eigenvalue weighted by atomic mass is 32.2. The number of hydrogen-bond acceptors (Lipinski definition) is 8.